The number of ether oxygens (including phenoxy) is 2. The molecule has 1 aromatic rings. The van der Waals surface area contributed by atoms with Crippen LogP contribution < -0.4 is 4.74 Å². The molecule has 1 unspecified atom stereocenters. The number of carbonyl (C=O) groups excluding carboxylic acids is 1. The predicted molar refractivity (Wildman–Crippen MR) is 58.2 cm³/mol. The van der Waals surface area contributed by atoms with Crippen molar-refractivity contribution in [2.75, 3.05) is 7.11 Å². The quantitative estimate of drug-likeness (QED) is 0.713. The molecule has 0 spiro atoms. The summed E-state index contributed by atoms with van der Waals surface area (Å²) in [6.45, 7) is 3.84. The molecule has 0 saturated carbocycles. The number of para-hydroxylation sites is 1. The minimum absolute atomic E-state index is 0.0672. The Balaban J connectivity index is 2.81. The van der Waals surface area contributed by atoms with Crippen molar-refractivity contribution >= 4 is 5.97 Å². The van der Waals surface area contributed by atoms with E-state index in [-0.39, 0.29) is 12.1 Å². The van der Waals surface area contributed by atoms with E-state index in [2.05, 4.69) is 0 Å². The van der Waals surface area contributed by atoms with E-state index in [4.69, 9.17) is 9.47 Å². The summed E-state index contributed by atoms with van der Waals surface area (Å²) >= 11 is 0. The Hall–Kier alpha value is -1.51. The maximum Gasteiger partial charge on any atom is 0.342 e. The summed E-state index contributed by atoms with van der Waals surface area (Å²) in [7, 11) is 1.54. The minimum Gasteiger partial charge on any atom is -0.496 e. The van der Waals surface area contributed by atoms with Crippen LogP contribution in [0.25, 0.3) is 0 Å². The van der Waals surface area contributed by atoms with E-state index >= 15 is 0 Å². The Kier molecular flexibility index (Phi) is 4.16. The summed E-state index contributed by atoms with van der Waals surface area (Å²) in [6, 6.07) is 7.05. The second-order valence-corrected chi connectivity index (χ2v) is 3.32. The van der Waals surface area contributed by atoms with E-state index in [1.54, 1.807) is 18.2 Å². The van der Waals surface area contributed by atoms with E-state index in [1.165, 1.54) is 7.11 Å². The van der Waals surface area contributed by atoms with Crippen molar-refractivity contribution < 1.29 is 14.3 Å². The number of rotatable bonds is 4. The Bertz CT molecular complexity index is 333. The third kappa shape index (κ3) is 2.98. The minimum atomic E-state index is -0.332. The molecule has 82 valence electrons. The lowest BCUT2D eigenvalue weighted by molar-refractivity contribution is 0.0331. The van der Waals surface area contributed by atoms with Crippen LogP contribution in [0.1, 0.15) is 30.6 Å². The molecule has 1 atom stereocenters. The molecule has 0 aliphatic rings. The lowest BCUT2D eigenvalue weighted by Gasteiger charge is -2.12. The largest absolute Gasteiger partial charge is 0.496 e. The van der Waals surface area contributed by atoms with Crippen LogP contribution in [0, 0.1) is 0 Å². The van der Waals surface area contributed by atoms with Gasteiger partial charge in [0.15, 0.2) is 0 Å². The van der Waals surface area contributed by atoms with Crippen LogP contribution in [-0.4, -0.2) is 19.2 Å². The van der Waals surface area contributed by atoms with Crippen LogP contribution in [0.4, 0.5) is 0 Å². The first kappa shape index (κ1) is 11.6. The molecule has 0 saturated heterocycles. The second kappa shape index (κ2) is 5.39. The predicted octanol–water partition coefficient (Wildman–Crippen LogP) is 2.65. The van der Waals surface area contributed by atoms with Gasteiger partial charge in [-0.15, -0.1) is 0 Å². The first-order valence-electron chi connectivity index (χ1n) is 5.03. The average Bonchev–Trinajstić information content (AvgIpc) is 2.28. The molecule has 0 aromatic heterocycles. The molecule has 0 fully saturated rings. The molecule has 3 heteroatoms. The summed E-state index contributed by atoms with van der Waals surface area (Å²) in [4.78, 5) is 11.7. The maximum absolute atomic E-state index is 11.7. The normalized spacial score (nSPS) is 11.9. The van der Waals surface area contributed by atoms with Gasteiger partial charge in [-0.05, 0) is 25.5 Å². The topological polar surface area (TPSA) is 35.5 Å². The van der Waals surface area contributed by atoms with E-state index in [9.17, 15) is 4.79 Å². The Morgan fingerprint density at radius 3 is 2.67 bits per heavy atom. The molecule has 0 amide bonds. The number of hydrogen-bond donors (Lipinski definition) is 0. The maximum atomic E-state index is 11.7. The molecule has 0 aliphatic carbocycles. The van der Waals surface area contributed by atoms with Gasteiger partial charge < -0.3 is 9.47 Å². The van der Waals surface area contributed by atoms with Crippen molar-refractivity contribution in [3.63, 3.8) is 0 Å². The fraction of sp³-hybridized carbons (Fsp3) is 0.417. The van der Waals surface area contributed by atoms with Gasteiger partial charge in [0.05, 0.1) is 13.2 Å². The van der Waals surface area contributed by atoms with Gasteiger partial charge in [-0.3, -0.25) is 0 Å². The van der Waals surface area contributed by atoms with Crippen LogP contribution in [0.5, 0.6) is 5.75 Å². The first-order valence-corrected chi connectivity index (χ1v) is 5.03. The van der Waals surface area contributed by atoms with Gasteiger partial charge in [0.2, 0.25) is 0 Å². The number of carbonyl (C=O) groups is 1. The molecular formula is C12H16O3. The fourth-order valence-corrected chi connectivity index (χ4v) is 1.14. The number of hydrogen-bond acceptors (Lipinski definition) is 3. The number of methoxy groups -OCH3 is 1. The lowest BCUT2D eigenvalue weighted by atomic mass is 10.2. The van der Waals surface area contributed by atoms with Crippen molar-refractivity contribution in [3.05, 3.63) is 29.8 Å². The second-order valence-electron chi connectivity index (χ2n) is 3.32. The fourth-order valence-electron chi connectivity index (χ4n) is 1.14. The van der Waals surface area contributed by atoms with E-state index in [0.717, 1.165) is 6.42 Å². The number of benzene rings is 1. The highest BCUT2D eigenvalue weighted by Crippen LogP contribution is 2.18. The van der Waals surface area contributed by atoms with Crippen molar-refractivity contribution in [2.24, 2.45) is 0 Å². The van der Waals surface area contributed by atoms with Crippen molar-refractivity contribution in [2.45, 2.75) is 26.4 Å². The van der Waals surface area contributed by atoms with Gasteiger partial charge >= 0.3 is 5.97 Å². The molecule has 3 nitrogen and oxygen atoms in total. The van der Waals surface area contributed by atoms with E-state index in [1.807, 2.05) is 19.9 Å². The van der Waals surface area contributed by atoms with Crippen LogP contribution >= 0.6 is 0 Å². The van der Waals surface area contributed by atoms with Crippen LogP contribution in [0.3, 0.4) is 0 Å². The van der Waals surface area contributed by atoms with Gasteiger partial charge in [0, 0.05) is 0 Å². The van der Waals surface area contributed by atoms with Gasteiger partial charge in [-0.25, -0.2) is 4.79 Å². The first-order chi connectivity index (χ1) is 7.19. The highest BCUT2D eigenvalue weighted by atomic mass is 16.5. The zero-order chi connectivity index (χ0) is 11.3. The molecule has 0 N–H and O–H groups in total. The van der Waals surface area contributed by atoms with Crippen LogP contribution in [-0.2, 0) is 4.74 Å². The molecule has 1 aromatic carbocycles. The zero-order valence-electron chi connectivity index (χ0n) is 9.32. The average molecular weight is 208 g/mol. The highest BCUT2D eigenvalue weighted by Gasteiger charge is 2.14. The van der Waals surface area contributed by atoms with Gasteiger partial charge in [-0.2, -0.15) is 0 Å². The molecular weight excluding hydrogens is 192 g/mol. The monoisotopic (exact) mass is 208 g/mol. The summed E-state index contributed by atoms with van der Waals surface area (Å²) < 4.78 is 10.3. The summed E-state index contributed by atoms with van der Waals surface area (Å²) in [6.07, 6.45) is 0.739. The molecule has 1 rings (SSSR count). The van der Waals surface area contributed by atoms with Gasteiger partial charge in [0.25, 0.3) is 0 Å². The van der Waals surface area contributed by atoms with Crippen molar-refractivity contribution in [1.82, 2.24) is 0 Å². The smallest absolute Gasteiger partial charge is 0.342 e. The standard InChI is InChI=1S/C12H16O3/c1-4-9(2)15-12(13)10-7-5-6-8-11(10)14-3/h5-9H,4H2,1-3H3. The Morgan fingerprint density at radius 2 is 2.07 bits per heavy atom. The zero-order valence-corrected chi connectivity index (χ0v) is 9.32. The molecule has 0 radical (unpaired) electrons. The summed E-state index contributed by atoms with van der Waals surface area (Å²) in [5.74, 6) is 0.215. The Morgan fingerprint density at radius 1 is 1.40 bits per heavy atom. The van der Waals surface area contributed by atoms with Crippen LogP contribution in [0.15, 0.2) is 24.3 Å². The summed E-state index contributed by atoms with van der Waals surface area (Å²) in [5.41, 5.74) is 0.473. The third-order valence-corrected chi connectivity index (χ3v) is 2.21. The molecule has 0 aliphatic heterocycles. The third-order valence-electron chi connectivity index (χ3n) is 2.21. The van der Waals surface area contributed by atoms with Crippen LogP contribution in [0.2, 0.25) is 0 Å². The van der Waals surface area contributed by atoms with Crippen molar-refractivity contribution in [3.8, 4) is 5.75 Å². The lowest BCUT2D eigenvalue weighted by Crippen LogP contribution is -2.14. The number of esters is 1. The molecule has 0 bridgehead atoms. The SMILES string of the molecule is CCC(C)OC(=O)c1ccccc1OC. The molecule has 0 heterocycles. The van der Waals surface area contributed by atoms with Crippen molar-refractivity contribution in [1.29, 1.82) is 0 Å². The van der Waals surface area contributed by atoms with E-state index < -0.39 is 0 Å². The van der Waals surface area contributed by atoms with E-state index in [0.29, 0.717) is 11.3 Å². The van der Waals surface area contributed by atoms with Gasteiger partial charge in [0.1, 0.15) is 11.3 Å². The summed E-state index contributed by atoms with van der Waals surface area (Å²) in [5, 5.41) is 0. The molecule has 15 heavy (non-hydrogen) atoms. The highest BCUT2D eigenvalue weighted by molar-refractivity contribution is 5.92. The van der Waals surface area contributed by atoms with Gasteiger partial charge in [-0.1, -0.05) is 19.1 Å². The Labute approximate surface area is 90.0 Å².